The average molecular weight is 802 g/mol. The number of unbranched alkanes of at least 4 members (excludes halogenated alkanes) is 29. The highest BCUT2D eigenvalue weighted by molar-refractivity contribution is 7.47. The standard InChI is InChI=1S/C45H88NO8P/c1-3-5-7-9-11-13-15-17-19-20-21-22-24-25-27-29-31-33-35-37-44(47)51-41-43(42-53-55(49,50)52-40-39-46)54-45(48)38-36-34-32-30-28-26-23-18-16-14-12-10-8-6-4-2/h10,12,43H,3-9,11,13-42,46H2,1-2H3,(H,49,50)/b12-10+/t43-/m1/s1. The minimum absolute atomic E-state index is 0.0560. The largest absolute Gasteiger partial charge is 0.472 e. The van der Waals surface area contributed by atoms with Crippen molar-refractivity contribution in [3.63, 3.8) is 0 Å². The van der Waals surface area contributed by atoms with Crippen molar-refractivity contribution in [2.45, 2.75) is 238 Å². The fraction of sp³-hybridized carbons (Fsp3) is 0.911. The first-order valence-corrected chi connectivity index (χ1v) is 24.7. The number of phosphoric ester groups is 1. The number of hydrogen-bond donors (Lipinski definition) is 2. The smallest absolute Gasteiger partial charge is 0.462 e. The van der Waals surface area contributed by atoms with E-state index in [0.29, 0.717) is 6.42 Å². The lowest BCUT2D eigenvalue weighted by molar-refractivity contribution is -0.161. The van der Waals surface area contributed by atoms with Crippen molar-refractivity contribution in [2.24, 2.45) is 5.73 Å². The summed E-state index contributed by atoms with van der Waals surface area (Å²) in [4.78, 5) is 34.9. The summed E-state index contributed by atoms with van der Waals surface area (Å²) in [6.45, 7) is 3.74. The molecule has 0 aliphatic heterocycles. The maximum absolute atomic E-state index is 12.6. The highest BCUT2D eigenvalue weighted by atomic mass is 31.2. The lowest BCUT2D eigenvalue weighted by atomic mass is 10.0. The maximum atomic E-state index is 12.6. The van der Waals surface area contributed by atoms with Crippen LogP contribution in [-0.2, 0) is 32.7 Å². The molecule has 10 heteroatoms. The SMILES string of the molecule is CCCC/C=C/CCCCCCCCCCCC(=O)O[C@H](COC(=O)CCCCCCCCCCCCCCCCCCCCC)COP(=O)(O)OCCN. The summed E-state index contributed by atoms with van der Waals surface area (Å²) in [5, 5.41) is 0. The van der Waals surface area contributed by atoms with Crippen LogP contribution in [-0.4, -0.2) is 49.3 Å². The van der Waals surface area contributed by atoms with Gasteiger partial charge in [0, 0.05) is 19.4 Å². The molecule has 0 fully saturated rings. The molecule has 0 aromatic heterocycles. The number of hydrogen-bond acceptors (Lipinski definition) is 8. The van der Waals surface area contributed by atoms with E-state index in [0.717, 1.165) is 38.5 Å². The van der Waals surface area contributed by atoms with Crippen LogP contribution in [0, 0.1) is 0 Å². The average Bonchev–Trinajstić information content (AvgIpc) is 3.17. The van der Waals surface area contributed by atoms with E-state index < -0.39 is 26.5 Å². The van der Waals surface area contributed by atoms with Crippen LogP contribution in [0.25, 0.3) is 0 Å². The third-order valence-electron chi connectivity index (χ3n) is 10.2. The number of carbonyl (C=O) groups excluding carboxylic acids is 2. The van der Waals surface area contributed by atoms with Gasteiger partial charge in [0.15, 0.2) is 6.10 Å². The van der Waals surface area contributed by atoms with Gasteiger partial charge in [-0.1, -0.05) is 199 Å². The molecule has 0 saturated heterocycles. The van der Waals surface area contributed by atoms with Gasteiger partial charge in [0.05, 0.1) is 13.2 Å². The number of esters is 2. The highest BCUT2D eigenvalue weighted by Gasteiger charge is 2.26. The molecule has 0 saturated carbocycles. The van der Waals surface area contributed by atoms with Gasteiger partial charge in [-0.2, -0.15) is 0 Å². The first-order chi connectivity index (χ1) is 26.8. The van der Waals surface area contributed by atoms with Crippen LogP contribution in [0.15, 0.2) is 12.2 Å². The minimum atomic E-state index is -4.37. The number of allylic oxidation sites excluding steroid dienone is 2. The van der Waals surface area contributed by atoms with Crippen molar-refractivity contribution in [2.75, 3.05) is 26.4 Å². The molecule has 0 amide bonds. The second kappa shape index (κ2) is 42.4. The van der Waals surface area contributed by atoms with Crippen LogP contribution in [0.4, 0.5) is 0 Å². The molecule has 0 radical (unpaired) electrons. The Labute approximate surface area is 339 Å². The van der Waals surface area contributed by atoms with Crippen LogP contribution in [0.5, 0.6) is 0 Å². The number of carbonyl (C=O) groups is 2. The van der Waals surface area contributed by atoms with Gasteiger partial charge < -0.3 is 20.1 Å². The monoisotopic (exact) mass is 802 g/mol. The fourth-order valence-corrected chi connectivity index (χ4v) is 7.44. The normalized spacial score (nSPS) is 13.3. The van der Waals surface area contributed by atoms with E-state index in [-0.39, 0.29) is 38.6 Å². The summed E-state index contributed by atoms with van der Waals surface area (Å²) in [6, 6.07) is 0. The summed E-state index contributed by atoms with van der Waals surface area (Å²) in [5.74, 6) is -0.818. The van der Waals surface area contributed by atoms with Crippen LogP contribution in [0.1, 0.15) is 232 Å². The zero-order valence-electron chi connectivity index (χ0n) is 35.9. The molecule has 0 bridgehead atoms. The van der Waals surface area contributed by atoms with Gasteiger partial charge in [0.25, 0.3) is 0 Å². The summed E-state index contributed by atoms with van der Waals surface area (Å²) in [7, 11) is -4.37. The summed E-state index contributed by atoms with van der Waals surface area (Å²) in [5.41, 5.74) is 5.35. The Morgan fingerprint density at radius 1 is 0.527 bits per heavy atom. The first-order valence-electron chi connectivity index (χ1n) is 23.2. The number of rotatable bonds is 44. The number of phosphoric acid groups is 1. The molecule has 0 aromatic carbocycles. The van der Waals surface area contributed by atoms with E-state index in [9.17, 15) is 19.0 Å². The van der Waals surface area contributed by atoms with Gasteiger partial charge in [0.1, 0.15) is 6.61 Å². The third kappa shape index (κ3) is 42.2. The molecule has 1 unspecified atom stereocenters. The van der Waals surface area contributed by atoms with Crippen molar-refractivity contribution in [1.82, 2.24) is 0 Å². The predicted molar refractivity (Wildman–Crippen MR) is 229 cm³/mol. The second-order valence-electron chi connectivity index (χ2n) is 15.6. The third-order valence-corrected chi connectivity index (χ3v) is 11.1. The number of nitrogens with two attached hydrogens (primary N) is 1. The highest BCUT2D eigenvalue weighted by Crippen LogP contribution is 2.43. The predicted octanol–water partition coefficient (Wildman–Crippen LogP) is 13.4. The Balaban J connectivity index is 4.05. The van der Waals surface area contributed by atoms with E-state index in [4.69, 9.17) is 24.3 Å². The van der Waals surface area contributed by atoms with Crippen LogP contribution < -0.4 is 5.73 Å². The molecule has 55 heavy (non-hydrogen) atoms. The second-order valence-corrected chi connectivity index (χ2v) is 17.1. The maximum Gasteiger partial charge on any atom is 0.472 e. The zero-order chi connectivity index (χ0) is 40.3. The molecule has 3 N–H and O–H groups in total. The van der Waals surface area contributed by atoms with E-state index in [2.05, 4.69) is 26.0 Å². The van der Waals surface area contributed by atoms with E-state index >= 15 is 0 Å². The molecule has 0 aromatic rings. The van der Waals surface area contributed by atoms with Gasteiger partial charge >= 0.3 is 19.8 Å². The van der Waals surface area contributed by atoms with Gasteiger partial charge in [-0.05, 0) is 32.1 Å². The van der Waals surface area contributed by atoms with E-state index in [1.54, 1.807) is 0 Å². The Bertz CT molecular complexity index is 917. The van der Waals surface area contributed by atoms with Gasteiger partial charge in [-0.3, -0.25) is 18.6 Å². The van der Waals surface area contributed by atoms with E-state index in [1.165, 1.54) is 161 Å². The Kier molecular flexibility index (Phi) is 41.4. The van der Waals surface area contributed by atoms with Gasteiger partial charge in [-0.25, -0.2) is 4.57 Å². The first kappa shape index (κ1) is 53.8. The van der Waals surface area contributed by atoms with Crippen molar-refractivity contribution in [3.05, 3.63) is 12.2 Å². The molecule has 2 atom stereocenters. The Morgan fingerprint density at radius 2 is 0.909 bits per heavy atom. The quantitative estimate of drug-likeness (QED) is 0.0267. The topological polar surface area (TPSA) is 134 Å². The lowest BCUT2D eigenvalue weighted by Crippen LogP contribution is -2.29. The Morgan fingerprint density at radius 3 is 1.35 bits per heavy atom. The summed E-state index contributed by atoms with van der Waals surface area (Å²) >= 11 is 0. The molecule has 0 aliphatic rings. The van der Waals surface area contributed by atoms with E-state index in [1.807, 2.05) is 0 Å². The molecule has 0 spiro atoms. The fourth-order valence-electron chi connectivity index (χ4n) is 6.68. The lowest BCUT2D eigenvalue weighted by Gasteiger charge is -2.19. The summed E-state index contributed by atoms with van der Waals surface area (Å²) in [6.07, 6.45) is 43.8. The summed E-state index contributed by atoms with van der Waals surface area (Å²) < 4.78 is 32.8. The molecule has 0 heterocycles. The van der Waals surface area contributed by atoms with Crippen LogP contribution in [0.2, 0.25) is 0 Å². The molecule has 0 aliphatic carbocycles. The van der Waals surface area contributed by atoms with Crippen LogP contribution in [0.3, 0.4) is 0 Å². The Hall–Kier alpha value is -1.25. The van der Waals surface area contributed by atoms with Gasteiger partial charge in [-0.15, -0.1) is 0 Å². The molecular weight excluding hydrogens is 713 g/mol. The van der Waals surface area contributed by atoms with Crippen molar-refractivity contribution in [3.8, 4) is 0 Å². The van der Waals surface area contributed by atoms with Crippen molar-refractivity contribution >= 4 is 19.8 Å². The van der Waals surface area contributed by atoms with Crippen molar-refractivity contribution < 1.29 is 37.6 Å². The van der Waals surface area contributed by atoms with Crippen LogP contribution >= 0.6 is 7.82 Å². The molecule has 0 rings (SSSR count). The molecule has 326 valence electrons. The minimum Gasteiger partial charge on any atom is -0.462 e. The van der Waals surface area contributed by atoms with Gasteiger partial charge in [0.2, 0.25) is 0 Å². The number of ether oxygens (including phenoxy) is 2. The zero-order valence-corrected chi connectivity index (χ0v) is 36.8. The van der Waals surface area contributed by atoms with Crippen molar-refractivity contribution in [1.29, 1.82) is 0 Å². The molecule has 9 nitrogen and oxygen atoms in total. The molecular formula is C45H88NO8P.